The summed E-state index contributed by atoms with van der Waals surface area (Å²) in [5, 5.41) is 11.0. The fraction of sp³-hybridized carbons (Fsp3) is 0.619. The van der Waals surface area contributed by atoms with Crippen molar-refractivity contribution in [2.45, 2.75) is 57.7 Å². The van der Waals surface area contributed by atoms with Crippen molar-refractivity contribution in [1.29, 1.82) is 0 Å². The maximum Gasteiger partial charge on any atom is 0.259 e. The Hall–Kier alpha value is -1.72. The van der Waals surface area contributed by atoms with Crippen LogP contribution in [0.15, 0.2) is 4.79 Å². The predicted octanol–water partition coefficient (Wildman–Crippen LogP) is 2.08. The zero-order chi connectivity index (χ0) is 19.7. The summed E-state index contributed by atoms with van der Waals surface area (Å²) in [5.74, 6) is 3.75. The smallest absolute Gasteiger partial charge is 0.259 e. The van der Waals surface area contributed by atoms with Gasteiger partial charge in [-0.25, -0.2) is 4.98 Å². The number of thiophene rings is 1. The third kappa shape index (κ3) is 4.31. The van der Waals surface area contributed by atoms with E-state index in [1.807, 2.05) is 0 Å². The number of aromatic nitrogens is 2. The molecule has 150 valence electrons. The van der Waals surface area contributed by atoms with Gasteiger partial charge in [0.2, 0.25) is 0 Å². The number of fused-ring (bicyclic) bond motifs is 3. The Kier molecular flexibility index (Phi) is 5.83. The predicted molar refractivity (Wildman–Crippen MR) is 111 cm³/mol. The Labute approximate surface area is 168 Å². The number of aryl methyl sites for hydroxylation is 1. The molecule has 1 saturated carbocycles. The first kappa shape index (κ1) is 19.6. The van der Waals surface area contributed by atoms with Gasteiger partial charge >= 0.3 is 0 Å². The highest BCUT2D eigenvalue weighted by Crippen LogP contribution is 2.36. The van der Waals surface area contributed by atoms with E-state index in [1.54, 1.807) is 11.3 Å². The van der Waals surface area contributed by atoms with Crippen LogP contribution >= 0.6 is 11.3 Å². The van der Waals surface area contributed by atoms with Gasteiger partial charge in [0.1, 0.15) is 17.3 Å². The molecule has 2 aromatic heterocycles. The standard InChI is InChI=1S/C21H27N3O3S/c1-3-8-27-12-15(25)10-24(14-5-6-14)11-18-22-20(26)19-16-7-4-13(2)9-17(16)28-21(19)23-18/h1,13-15,25H,4-12H2,2H3,(H,22,23,26)/t13-,15-/m1/s1. The average Bonchev–Trinajstić information content (AvgIpc) is 3.42. The maximum absolute atomic E-state index is 12.8. The molecule has 28 heavy (non-hydrogen) atoms. The summed E-state index contributed by atoms with van der Waals surface area (Å²) in [4.78, 5) is 24.9. The van der Waals surface area contributed by atoms with E-state index in [1.165, 1.54) is 10.4 Å². The molecule has 0 radical (unpaired) electrons. The van der Waals surface area contributed by atoms with Gasteiger partial charge in [-0.1, -0.05) is 12.8 Å². The van der Waals surface area contributed by atoms with E-state index in [0.29, 0.717) is 30.9 Å². The molecule has 6 nitrogen and oxygen atoms in total. The third-order valence-corrected chi connectivity index (χ3v) is 6.72. The van der Waals surface area contributed by atoms with E-state index >= 15 is 0 Å². The number of aliphatic hydroxyl groups is 1. The number of H-pyrrole nitrogens is 1. The number of terminal acetylenes is 1. The SMILES string of the molecule is C#CCOC[C@H](O)CN(Cc1nc2sc3c(c2c(=O)[nH]1)CC[C@@H](C)C3)C1CC1. The molecule has 0 amide bonds. The minimum atomic E-state index is -0.611. The van der Waals surface area contributed by atoms with Crippen molar-refractivity contribution in [3.05, 3.63) is 26.6 Å². The van der Waals surface area contributed by atoms with Crippen LogP contribution in [0.5, 0.6) is 0 Å². The highest BCUT2D eigenvalue weighted by molar-refractivity contribution is 7.18. The summed E-state index contributed by atoms with van der Waals surface area (Å²) in [6, 6.07) is 0.431. The summed E-state index contributed by atoms with van der Waals surface area (Å²) in [7, 11) is 0. The molecular formula is C21H27N3O3S. The first-order valence-corrected chi connectivity index (χ1v) is 10.8. The van der Waals surface area contributed by atoms with Crippen molar-refractivity contribution in [2.75, 3.05) is 19.8 Å². The van der Waals surface area contributed by atoms with Crippen LogP contribution in [0, 0.1) is 18.3 Å². The number of hydrogen-bond acceptors (Lipinski definition) is 6. The molecule has 1 fully saturated rings. The molecule has 0 unspecified atom stereocenters. The van der Waals surface area contributed by atoms with E-state index in [4.69, 9.17) is 16.1 Å². The van der Waals surface area contributed by atoms with Gasteiger partial charge < -0.3 is 14.8 Å². The summed E-state index contributed by atoms with van der Waals surface area (Å²) in [6.07, 6.45) is 9.92. The monoisotopic (exact) mass is 401 g/mol. The van der Waals surface area contributed by atoms with Crippen LogP contribution in [0.4, 0.5) is 0 Å². The van der Waals surface area contributed by atoms with E-state index in [9.17, 15) is 9.90 Å². The molecular weight excluding hydrogens is 374 g/mol. The van der Waals surface area contributed by atoms with Crippen LogP contribution in [0.3, 0.4) is 0 Å². The third-order valence-electron chi connectivity index (χ3n) is 5.57. The Morgan fingerprint density at radius 2 is 2.29 bits per heavy atom. The molecule has 2 N–H and O–H groups in total. The van der Waals surface area contributed by atoms with Crippen LogP contribution in [-0.2, 0) is 24.1 Å². The second kappa shape index (κ2) is 8.34. The largest absolute Gasteiger partial charge is 0.389 e. The fourth-order valence-corrected chi connectivity index (χ4v) is 5.42. The molecule has 2 aliphatic rings. The van der Waals surface area contributed by atoms with E-state index in [2.05, 4.69) is 22.7 Å². The molecule has 4 rings (SSSR count). The lowest BCUT2D eigenvalue weighted by atomic mass is 9.89. The van der Waals surface area contributed by atoms with Crippen LogP contribution in [0.25, 0.3) is 10.2 Å². The van der Waals surface area contributed by atoms with Crippen molar-refractivity contribution >= 4 is 21.6 Å². The van der Waals surface area contributed by atoms with Gasteiger partial charge in [0.15, 0.2) is 0 Å². The van der Waals surface area contributed by atoms with Gasteiger partial charge in [0.05, 0.1) is 24.6 Å². The number of ether oxygens (including phenoxy) is 1. The summed E-state index contributed by atoms with van der Waals surface area (Å²) < 4.78 is 5.24. The second-order valence-corrected chi connectivity index (χ2v) is 9.16. The number of rotatable bonds is 8. The molecule has 0 bridgehead atoms. The lowest BCUT2D eigenvalue weighted by molar-refractivity contribution is 0.0237. The van der Waals surface area contributed by atoms with Crippen LogP contribution in [-0.4, -0.2) is 51.9 Å². The number of nitrogens with zero attached hydrogens (tertiary/aromatic N) is 2. The highest BCUT2D eigenvalue weighted by Gasteiger charge is 2.31. The lowest BCUT2D eigenvalue weighted by Crippen LogP contribution is -2.37. The minimum Gasteiger partial charge on any atom is -0.389 e. The maximum atomic E-state index is 12.8. The molecule has 2 aliphatic carbocycles. The molecule has 0 spiro atoms. The Balaban J connectivity index is 1.51. The minimum absolute atomic E-state index is 0.0271. The highest BCUT2D eigenvalue weighted by atomic mass is 32.1. The van der Waals surface area contributed by atoms with Crippen LogP contribution < -0.4 is 5.56 Å². The zero-order valence-corrected chi connectivity index (χ0v) is 17.1. The molecule has 2 atom stereocenters. The number of hydrogen-bond donors (Lipinski definition) is 2. The molecule has 7 heteroatoms. The van der Waals surface area contributed by atoms with Crippen LogP contribution in [0.2, 0.25) is 0 Å². The first-order valence-electron chi connectivity index (χ1n) is 10.0. The quantitative estimate of drug-likeness (QED) is 0.523. The van der Waals surface area contributed by atoms with E-state index < -0.39 is 6.10 Å². The molecule has 2 heterocycles. The van der Waals surface area contributed by atoms with Gasteiger partial charge in [-0.2, -0.15) is 0 Å². The zero-order valence-electron chi connectivity index (χ0n) is 16.2. The molecule has 2 aromatic rings. The average molecular weight is 402 g/mol. The van der Waals surface area contributed by atoms with Gasteiger partial charge in [-0.15, -0.1) is 17.8 Å². The lowest BCUT2D eigenvalue weighted by Gasteiger charge is -2.24. The van der Waals surface area contributed by atoms with Crippen molar-refractivity contribution < 1.29 is 9.84 Å². The molecule has 0 aliphatic heterocycles. The Morgan fingerprint density at radius 1 is 1.46 bits per heavy atom. The number of aromatic amines is 1. The fourth-order valence-electron chi connectivity index (χ4n) is 4.02. The summed E-state index contributed by atoms with van der Waals surface area (Å²) in [6.45, 7) is 3.69. The van der Waals surface area contributed by atoms with Crippen molar-refractivity contribution in [3.63, 3.8) is 0 Å². The van der Waals surface area contributed by atoms with Crippen LogP contribution in [0.1, 0.15) is 42.5 Å². The van der Waals surface area contributed by atoms with E-state index in [0.717, 1.165) is 42.3 Å². The summed E-state index contributed by atoms with van der Waals surface area (Å²) >= 11 is 1.67. The summed E-state index contributed by atoms with van der Waals surface area (Å²) in [5.41, 5.74) is 1.18. The topological polar surface area (TPSA) is 78.5 Å². The second-order valence-electron chi connectivity index (χ2n) is 8.08. The normalized spacial score (nSPS) is 20.3. The van der Waals surface area contributed by atoms with Crippen molar-refractivity contribution in [3.8, 4) is 12.3 Å². The number of aliphatic hydroxyl groups excluding tert-OH is 1. The van der Waals surface area contributed by atoms with Gasteiger partial charge in [-0.05, 0) is 43.6 Å². The van der Waals surface area contributed by atoms with E-state index in [-0.39, 0.29) is 18.8 Å². The van der Waals surface area contributed by atoms with Gasteiger partial charge in [0.25, 0.3) is 5.56 Å². The van der Waals surface area contributed by atoms with Gasteiger partial charge in [0, 0.05) is 17.5 Å². The Morgan fingerprint density at radius 3 is 3.04 bits per heavy atom. The number of nitrogens with one attached hydrogen (secondary N) is 1. The molecule has 0 saturated heterocycles. The first-order chi connectivity index (χ1) is 13.5. The van der Waals surface area contributed by atoms with Gasteiger partial charge in [-0.3, -0.25) is 9.69 Å². The van der Waals surface area contributed by atoms with Crippen molar-refractivity contribution in [2.24, 2.45) is 5.92 Å². The molecule has 0 aromatic carbocycles. The Bertz CT molecular complexity index is 941. The van der Waals surface area contributed by atoms with Crippen molar-refractivity contribution in [1.82, 2.24) is 14.9 Å².